The van der Waals surface area contributed by atoms with Crippen LogP contribution in [0.1, 0.15) is 35.3 Å². The van der Waals surface area contributed by atoms with Gasteiger partial charge in [0.15, 0.2) is 5.69 Å². The standard InChI is InChI=1S/C18H21ClN6O3/c1-3-24-11-15(17(23-24)18(27)20-9-13-5-4-8-28-13)22-16(26)6-7-25-12(2)14(19)10-21-25/h4-5,8,10-11H,3,6-7,9H2,1-2H3,(H,20,27)(H,22,26). The molecule has 0 saturated carbocycles. The van der Waals surface area contributed by atoms with Gasteiger partial charge < -0.3 is 15.1 Å². The smallest absolute Gasteiger partial charge is 0.274 e. The average Bonchev–Trinajstić information content (AvgIpc) is 3.41. The Hall–Kier alpha value is -3.07. The minimum Gasteiger partial charge on any atom is -0.467 e. The number of nitrogens with zero attached hydrogens (tertiary/aromatic N) is 4. The van der Waals surface area contributed by atoms with Crippen molar-refractivity contribution in [3.8, 4) is 0 Å². The van der Waals surface area contributed by atoms with Crippen molar-refractivity contribution in [1.29, 1.82) is 0 Å². The highest BCUT2D eigenvalue weighted by molar-refractivity contribution is 6.31. The fraction of sp³-hybridized carbons (Fsp3) is 0.333. The Balaban J connectivity index is 1.63. The van der Waals surface area contributed by atoms with E-state index < -0.39 is 5.91 Å². The lowest BCUT2D eigenvalue weighted by Gasteiger charge is -2.07. The van der Waals surface area contributed by atoms with Crippen LogP contribution in [0.5, 0.6) is 0 Å². The molecule has 0 radical (unpaired) electrons. The van der Waals surface area contributed by atoms with Gasteiger partial charge in [0, 0.05) is 19.2 Å². The van der Waals surface area contributed by atoms with Crippen molar-refractivity contribution in [3.63, 3.8) is 0 Å². The van der Waals surface area contributed by atoms with Gasteiger partial charge in [-0.25, -0.2) is 0 Å². The Morgan fingerprint density at radius 2 is 2.18 bits per heavy atom. The summed E-state index contributed by atoms with van der Waals surface area (Å²) >= 11 is 5.97. The number of furan rings is 1. The van der Waals surface area contributed by atoms with E-state index in [4.69, 9.17) is 16.0 Å². The highest BCUT2D eigenvalue weighted by atomic mass is 35.5. The fourth-order valence-electron chi connectivity index (χ4n) is 2.58. The Labute approximate surface area is 166 Å². The maximum Gasteiger partial charge on any atom is 0.274 e. The molecule has 28 heavy (non-hydrogen) atoms. The molecule has 0 atom stereocenters. The molecule has 2 N–H and O–H groups in total. The normalized spacial score (nSPS) is 10.8. The van der Waals surface area contributed by atoms with Gasteiger partial charge in [-0.05, 0) is 26.0 Å². The fourth-order valence-corrected chi connectivity index (χ4v) is 2.72. The number of nitrogens with one attached hydrogen (secondary N) is 2. The first kappa shape index (κ1) is 19.7. The van der Waals surface area contributed by atoms with Gasteiger partial charge in [0.05, 0.1) is 42.0 Å². The number of hydrogen-bond acceptors (Lipinski definition) is 5. The first-order valence-corrected chi connectivity index (χ1v) is 9.21. The second-order valence-electron chi connectivity index (χ2n) is 6.11. The number of carbonyl (C=O) groups is 2. The van der Waals surface area contributed by atoms with Crippen LogP contribution in [0.4, 0.5) is 5.69 Å². The molecule has 148 valence electrons. The summed E-state index contributed by atoms with van der Waals surface area (Å²) in [6.07, 6.45) is 4.90. The van der Waals surface area contributed by atoms with E-state index in [0.717, 1.165) is 5.69 Å². The lowest BCUT2D eigenvalue weighted by molar-refractivity contribution is -0.116. The highest BCUT2D eigenvalue weighted by Crippen LogP contribution is 2.16. The zero-order chi connectivity index (χ0) is 20.1. The van der Waals surface area contributed by atoms with Crippen LogP contribution in [-0.2, 0) is 24.4 Å². The highest BCUT2D eigenvalue weighted by Gasteiger charge is 2.19. The molecule has 0 aliphatic heterocycles. The largest absolute Gasteiger partial charge is 0.467 e. The first-order valence-electron chi connectivity index (χ1n) is 8.83. The summed E-state index contributed by atoms with van der Waals surface area (Å²) in [6.45, 7) is 4.91. The van der Waals surface area contributed by atoms with Crippen LogP contribution in [0.15, 0.2) is 35.2 Å². The molecule has 0 aliphatic carbocycles. The van der Waals surface area contributed by atoms with E-state index in [1.54, 1.807) is 33.9 Å². The first-order chi connectivity index (χ1) is 13.5. The van der Waals surface area contributed by atoms with Crippen molar-refractivity contribution in [2.45, 2.75) is 39.9 Å². The zero-order valence-corrected chi connectivity index (χ0v) is 16.4. The number of aromatic nitrogens is 4. The average molecular weight is 405 g/mol. The molecule has 3 heterocycles. The van der Waals surface area contributed by atoms with Gasteiger partial charge in [-0.1, -0.05) is 11.6 Å². The lowest BCUT2D eigenvalue weighted by atomic mass is 10.3. The SMILES string of the molecule is CCn1cc(NC(=O)CCn2ncc(Cl)c2C)c(C(=O)NCc2ccco2)n1. The molecular formula is C18H21ClN6O3. The summed E-state index contributed by atoms with van der Waals surface area (Å²) < 4.78 is 8.45. The van der Waals surface area contributed by atoms with E-state index in [1.807, 2.05) is 13.8 Å². The van der Waals surface area contributed by atoms with E-state index in [-0.39, 0.29) is 24.6 Å². The Morgan fingerprint density at radius 3 is 2.82 bits per heavy atom. The molecule has 3 aromatic heterocycles. The summed E-state index contributed by atoms with van der Waals surface area (Å²) in [6, 6.07) is 3.50. The van der Waals surface area contributed by atoms with Crippen LogP contribution in [0.2, 0.25) is 5.02 Å². The molecule has 0 aromatic carbocycles. The second-order valence-corrected chi connectivity index (χ2v) is 6.52. The van der Waals surface area contributed by atoms with E-state index in [2.05, 4.69) is 20.8 Å². The minimum atomic E-state index is -0.395. The summed E-state index contributed by atoms with van der Waals surface area (Å²) in [4.78, 5) is 24.8. The Kier molecular flexibility index (Phi) is 6.15. The predicted molar refractivity (Wildman–Crippen MR) is 103 cm³/mol. The number of carbonyl (C=O) groups excluding carboxylic acids is 2. The molecule has 3 rings (SSSR count). The van der Waals surface area contributed by atoms with Gasteiger partial charge in [0.25, 0.3) is 5.91 Å². The van der Waals surface area contributed by atoms with E-state index in [1.165, 1.54) is 6.26 Å². The molecule has 0 saturated heterocycles. The maximum absolute atomic E-state index is 12.5. The molecular weight excluding hydrogens is 384 g/mol. The molecule has 9 nitrogen and oxygen atoms in total. The van der Waals surface area contributed by atoms with Crippen LogP contribution in [0.25, 0.3) is 0 Å². The number of halogens is 1. The van der Waals surface area contributed by atoms with Gasteiger partial charge in [0.2, 0.25) is 5.91 Å². The molecule has 0 unspecified atom stereocenters. The van der Waals surface area contributed by atoms with Crippen molar-refractivity contribution in [1.82, 2.24) is 24.9 Å². The topological polar surface area (TPSA) is 107 Å². The van der Waals surface area contributed by atoms with Gasteiger partial charge in [0.1, 0.15) is 5.76 Å². The van der Waals surface area contributed by atoms with Crippen LogP contribution >= 0.6 is 11.6 Å². The van der Waals surface area contributed by atoms with Crippen molar-refractivity contribution in [2.24, 2.45) is 0 Å². The van der Waals surface area contributed by atoms with Gasteiger partial charge in [-0.15, -0.1) is 0 Å². The maximum atomic E-state index is 12.5. The Bertz CT molecular complexity index is 960. The molecule has 0 spiro atoms. The van der Waals surface area contributed by atoms with Crippen molar-refractivity contribution in [2.75, 3.05) is 5.32 Å². The quantitative estimate of drug-likeness (QED) is 0.600. The van der Waals surface area contributed by atoms with Crippen molar-refractivity contribution >= 4 is 29.1 Å². The summed E-state index contributed by atoms with van der Waals surface area (Å²) in [5.41, 5.74) is 1.31. The molecule has 2 amide bonds. The van der Waals surface area contributed by atoms with Gasteiger partial charge >= 0.3 is 0 Å². The summed E-state index contributed by atoms with van der Waals surface area (Å²) in [7, 11) is 0. The second kappa shape index (κ2) is 8.75. The van der Waals surface area contributed by atoms with Crippen LogP contribution in [0, 0.1) is 6.92 Å². The summed E-state index contributed by atoms with van der Waals surface area (Å²) in [5.74, 6) is -0.0162. The van der Waals surface area contributed by atoms with Crippen molar-refractivity contribution < 1.29 is 14.0 Å². The third-order valence-electron chi connectivity index (χ3n) is 4.17. The Morgan fingerprint density at radius 1 is 1.36 bits per heavy atom. The third-order valence-corrected chi connectivity index (χ3v) is 4.54. The molecule has 0 aliphatic rings. The minimum absolute atomic E-state index is 0.153. The van der Waals surface area contributed by atoms with Gasteiger partial charge in [-0.3, -0.25) is 19.0 Å². The van der Waals surface area contributed by atoms with Crippen LogP contribution in [-0.4, -0.2) is 31.4 Å². The molecule has 0 bridgehead atoms. The summed E-state index contributed by atoms with van der Waals surface area (Å²) in [5, 5.41) is 14.4. The number of rotatable bonds is 8. The monoisotopic (exact) mass is 404 g/mol. The van der Waals surface area contributed by atoms with Crippen LogP contribution < -0.4 is 10.6 Å². The van der Waals surface area contributed by atoms with Gasteiger partial charge in [-0.2, -0.15) is 10.2 Å². The number of hydrogen-bond donors (Lipinski definition) is 2. The number of anilines is 1. The zero-order valence-electron chi connectivity index (χ0n) is 15.6. The van der Waals surface area contributed by atoms with E-state index in [0.29, 0.717) is 29.6 Å². The van der Waals surface area contributed by atoms with Crippen LogP contribution in [0.3, 0.4) is 0 Å². The molecule has 0 fully saturated rings. The van der Waals surface area contributed by atoms with E-state index >= 15 is 0 Å². The van der Waals surface area contributed by atoms with Crippen molar-refractivity contribution in [3.05, 3.63) is 53.0 Å². The third kappa shape index (κ3) is 4.61. The van der Waals surface area contributed by atoms with E-state index in [9.17, 15) is 9.59 Å². The number of amides is 2. The molecule has 10 heteroatoms. The predicted octanol–water partition coefficient (Wildman–Crippen LogP) is 2.61. The molecule has 3 aromatic rings. The lowest BCUT2D eigenvalue weighted by Crippen LogP contribution is -2.25. The number of aryl methyl sites for hydroxylation is 2.